The van der Waals surface area contributed by atoms with E-state index in [0.29, 0.717) is 12.2 Å². The van der Waals surface area contributed by atoms with Crippen LogP contribution in [0.25, 0.3) is 0 Å². The average molecular weight is 432 g/mol. The number of carboxylic acids is 1. The molecule has 1 unspecified atom stereocenters. The summed E-state index contributed by atoms with van der Waals surface area (Å²) in [5.41, 5.74) is 0. The third-order valence-electron chi connectivity index (χ3n) is 1.81. The van der Waals surface area contributed by atoms with Gasteiger partial charge in [0.2, 0.25) is 0 Å². The molecule has 0 fully saturated rings. The van der Waals surface area contributed by atoms with Crippen molar-refractivity contribution in [2.45, 2.75) is 19.4 Å². The number of aliphatic carboxylic acids is 1. The summed E-state index contributed by atoms with van der Waals surface area (Å²) in [4.78, 5) is 10.8. The predicted octanol–water partition coefficient (Wildman–Crippen LogP) is 3.14. The molecule has 15 heavy (non-hydrogen) atoms. The topological polar surface area (TPSA) is 46.5 Å². The van der Waals surface area contributed by atoms with E-state index in [1.807, 2.05) is 12.1 Å². The molecule has 0 saturated heterocycles. The van der Waals surface area contributed by atoms with Crippen molar-refractivity contribution in [3.05, 3.63) is 25.3 Å². The number of rotatable bonds is 4. The maximum absolute atomic E-state index is 10.8. The Morgan fingerprint density at radius 3 is 2.67 bits per heavy atom. The summed E-state index contributed by atoms with van der Waals surface area (Å²) in [7, 11) is 0. The van der Waals surface area contributed by atoms with Crippen molar-refractivity contribution in [1.82, 2.24) is 0 Å². The molecule has 0 saturated carbocycles. The Morgan fingerprint density at radius 1 is 1.53 bits per heavy atom. The number of hydrogen-bond acceptors (Lipinski definition) is 2. The van der Waals surface area contributed by atoms with Crippen LogP contribution < -0.4 is 4.74 Å². The Kier molecular flexibility index (Phi) is 5.10. The zero-order valence-corrected chi connectivity index (χ0v) is 12.4. The molecule has 0 radical (unpaired) electrons. The van der Waals surface area contributed by atoms with Crippen molar-refractivity contribution in [3.8, 4) is 5.75 Å². The number of halogens is 2. The fraction of sp³-hybridized carbons (Fsp3) is 0.300. The first kappa shape index (κ1) is 13.0. The smallest absolute Gasteiger partial charge is 0.344 e. The fourth-order valence-corrected chi connectivity index (χ4v) is 2.76. The van der Waals surface area contributed by atoms with E-state index in [4.69, 9.17) is 9.84 Å². The third-order valence-corrected chi connectivity index (χ3v) is 3.32. The number of carbonyl (C=O) groups is 1. The van der Waals surface area contributed by atoms with Crippen molar-refractivity contribution in [2.75, 3.05) is 0 Å². The summed E-state index contributed by atoms with van der Waals surface area (Å²) in [6, 6.07) is 5.65. The van der Waals surface area contributed by atoms with Gasteiger partial charge in [-0.15, -0.1) is 0 Å². The Morgan fingerprint density at radius 2 is 2.20 bits per heavy atom. The van der Waals surface area contributed by atoms with E-state index in [1.54, 1.807) is 13.0 Å². The molecule has 0 bridgehead atoms. The number of ether oxygens (including phenoxy) is 1. The normalized spacial score (nSPS) is 12.2. The molecule has 0 spiro atoms. The van der Waals surface area contributed by atoms with E-state index in [0.717, 1.165) is 7.14 Å². The molecule has 0 amide bonds. The third kappa shape index (κ3) is 3.78. The van der Waals surface area contributed by atoms with Gasteiger partial charge in [0.05, 0.1) is 3.57 Å². The molecule has 0 aliphatic rings. The minimum absolute atomic E-state index is 0.456. The Labute approximate surface area is 115 Å². The Balaban J connectivity index is 2.84. The molecule has 1 aromatic carbocycles. The molecule has 1 N–H and O–H groups in total. The van der Waals surface area contributed by atoms with Gasteiger partial charge < -0.3 is 9.84 Å². The van der Waals surface area contributed by atoms with Crippen LogP contribution in [0.15, 0.2) is 18.2 Å². The second kappa shape index (κ2) is 5.88. The van der Waals surface area contributed by atoms with Gasteiger partial charge in [-0.05, 0) is 69.8 Å². The van der Waals surface area contributed by atoms with Crippen LogP contribution in [-0.4, -0.2) is 17.2 Å². The minimum Gasteiger partial charge on any atom is -0.479 e. The van der Waals surface area contributed by atoms with Gasteiger partial charge in [-0.3, -0.25) is 0 Å². The van der Waals surface area contributed by atoms with Crippen molar-refractivity contribution in [3.63, 3.8) is 0 Å². The average Bonchev–Trinajstić information content (AvgIpc) is 2.16. The summed E-state index contributed by atoms with van der Waals surface area (Å²) < 4.78 is 7.43. The molecule has 1 rings (SSSR count). The highest BCUT2D eigenvalue weighted by Gasteiger charge is 2.17. The minimum atomic E-state index is -0.924. The second-order valence-corrected chi connectivity index (χ2v) is 5.34. The monoisotopic (exact) mass is 432 g/mol. The highest BCUT2D eigenvalue weighted by atomic mass is 127. The highest BCUT2D eigenvalue weighted by molar-refractivity contribution is 14.1. The molecule has 82 valence electrons. The van der Waals surface area contributed by atoms with E-state index in [1.165, 1.54) is 0 Å². The van der Waals surface area contributed by atoms with Gasteiger partial charge in [-0.25, -0.2) is 4.79 Å². The first-order valence-corrected chi connectivity index (χ1v) is 6.55. The molecule has 3 nitrogen and oxygen atoms in total. The van der Waals surface area contributed by atoms with E-state index < -0.39 is 12.1 Å². The maximum Gasteiger partial charge on any atom is 0.344 e. The zero-order chi connectivity index (χ0) is 11.4. The van der Waals surface area contributed by atoms with Gasteiger partial charge >= 0.3 is 5.97 Å². The number of benzene rings is 1. The first-order valence-electron chi connectivity index (χ1n) is 4.39. The molecule has 0 aromatic heterocycles. The van der Waals surface area contributed by atoms with Crippen molar-refractivity contribution in [1.29, 1.82) is 0 Å². The van der Waals surface area contributed by atoms with Crippen molar-refractivity contribution < 1.29 is 14.6 Å². The molecular formula is C10H10I2O3. The van der Waals surface area contributed by atoms with Crippen LogP contribution in [-0.2, 0) is 4.79 Å². The molecule has 0 aliphatic carbocycles. The van der Waals surface area contributed by atoms with Crippen LogP contribution in [0.5, 0.6) is 5.75 Å². The van der Waals surface area contributed by atoms with Gasteiger partial charge in [0.25, 0.3) is 0 Å². The van der Waals surface area contributed by atoms with Gasteiger partial charge in [-0.1, -0.05) is 6.92 Å². The summed E-state index contributed by atoms with van der Waals surface area (Å²) in [5.74, 6) is -0.294. The fourth-order valence-electron chi connectivity index (χ4n) is 1.03. The molecule has 5 heteroatoms. The van der Waals surface area contributed by atoms with Gasteiger partial charge in [0.15, 0.2) is 6.10 Å². The maximum atomic E-state index is 10.8. The van der Waals surface area contributed by atoms with Crippen LogP contribution in [0.2, 0.25) is 0 Å². The Bertz CT molecular complexity index is 366. The summed E-state index contributed by atoms with van der Waals surface area (Å²) >= 11 is 4.34. The molecule has 0 aliphatic heterocycles. The van der Waals surface area contributed by atoms with Gasteiger partial charge in [-0.2, -0.15) is 0 Å². The standard InChI is InChI=1S/C10H10I2O3/c1-2-8(10(13)14)15-9-4-3-6(11)5-7(9)12/h3-5,8H,2H2,1H3,(H,13,14). The summed E-state index contributed by atoms with van der Waals surface area (Å²) in [6.07, 6.45) is -0.309. The van der Waals surface area contributed by atoms with Crippen molar-refractivity contribution >= 4 is 51.2 Å². The quantitative estimate of drug-likeness (QED) is 0.745. The first-order chi connectivity index (χ1) is 7.04. The van der Waals surface area contributed by atoms with E-state index in [-0.39, 0.29) is 0 Å². The summed E-state index contributed by atoms with van der Waals surface area (Å²) in [5, 5.41) is 8.85. The van der Waals surface area contributed by atoms with Crippen LogP contribution in [0.4, 0.5) is 0 Å². The van der Waals surface area contributed by atoms with E-state index >= 15 is 0 Å². The molecule has 0 heterocycles. The van der Waals surface area contributed by atoms with Gasteiger partial charge in [0, 0.05) is 3.57 Å². The van der Waals surface area contributed by atoms with Gasteiger partial charge in [0.1, 0.15) is 5.75 Å². The lowest BCUT2D eigenvalue weighted by Crippen LogP contribution is -2.26. The number of hydrogen-bond donors (Lipinski definition) is 1. The SMILES string of the molecule is CCC(Oc1ccc(I)cc1I)C(=O)O. The molecule has 1 aromatic rings. The highest BCUT2D eigenvalue weighted by Crippen LogP contribution is 2.24. The Hall–Kier alpha value is -0.0500. The number of carboxylic acid groups (broad SMARTS) is 1. The van der Waals surface area contributed by atoms with E-state index in [9.17, 15) is 4.79 Å². The lowest BCUT2D eigenvalue weighted by Gasteiger charge is -2.14. The predicted molar refractivity (Wildman–Crippen MR) is 74.2 cm³/mol. The lowest BCUT2D eigenvalue weighted by molar-refractivity contribution is -0.145. The van der Waals surface area contributed by atoms with E-state index in [2.05, 4.69) is 45.2 Å². The summed E-state index contributed by atoms with van der Waals surface area (Å²) in [6.45, 7) is 1.79. The largest absolute Gasteiger partial charge is 0.479 e. The van der Waals surface area contributed by atoms with Crippen LogP contribution >= 0.6 is 45.2 Å². The van der Waals surface area contributed by atoms with Crippen molar-refractivity contribution in [2.24, 2.45) is 0 Å². The second-order valence-electron chi connectivity index (χ2n) is 2.93. The lowest BCUT2D eigenvalue weighted by atomic mass is 10.3. The van der Waals surface area contributed by atoms with Crippen LogP contribution in [0.1, 0.15) is 13.3 Å². The molecule has 1 atom stereocenters. The van der Waals surface area contributed by atoms with Crippen LogP contribution in [0.3, 0.4) is 0 Å². The van der Waals surface area contributed by atoms with Crippen LogP contribution in [0, 0.1) is 7.14 Å². The molecular weight excluding hydrogens is 422 g/mol. The zero-order valence-electron chi connectivity index (χ0n) is 8.04.